The molecule has 7 nitrogen and oxygen atoms in total. The van der Waals surface area contributed by atoms with Crippen LogP contribution in [0.5, 0.6) is 0 Å². The lowest BCUT2D eigenvalue weighted by Crippen LogP contribution is -2.38. The van der Waals surface area contributed by atoms with Crippen LogP contribution in [0.15, 0.2) is 78.9 Å². The molecule has 3 aromatic carbocycles. The van der Waals surface area contributed by atoms with Gasteiger partial charge in [0.15, 0.2) is 5.69 Å². The molecule has 0 aliphatic heterocycles. The Morgan fingerprint density at radius 2 is 1.68 bits per heavy atom. The van der Waals surface area contributed by atoms with Gasteiger partial charge < -0.3 is 10.2 Å². The molecule has 0 spiro atoms. The molecule has 38 heavy (non-hydrogen) atoms. The normalized spacial score (nSPS) is 11.0. The van der Waals surface area contributed by atoms with E-state index in [1.165, 1.54) is 23.5 Å². The van der Waals surface area contributed by atoms with Crippen LogP contribution in [0.2, 0.25) is 0 Å². The van der Waals surface area contributed by atoms with Crippen LogP contribution in [0.3, 0.4) is 0 Å². The Bertz CT molecular complexity index is 1590. The van der Waals surface area contributed by atoms with Gasteiger partial charge in [0.25, 0.3) is 11.8 Å². The summed E-state index contributed by atoms with van der Waals surface area (Å²) in [6.45, 7) is 2.69. The number of aryl methyl sites for hydroxylation is 2. The van der Waals surface area contributed by atoms with Gasteiger partial charge in [-0.2, -0.15) is 5.10 Å². The van der Waals surface area contributed by atoms with E-state index in [0.29, 0.717) is 22.8 Å². The number of thiazole rings is 1. The van der Waals surface area contributed by atoms with Crippen LogP contribution in [0.4, 0.5) is 4.39 Å². The number of benzene rings is 3. The number of rotatable bonds is 8. The van der Waals surface area contributed by atoms with Gasteiger partial charge in [-0.25, -0.2) is 9.37 Å². The summed E-state index contributed by atoms with van der Waals surface area (Å²) in [4.78, 5) is 33.7. The van der Waals surface area contributed by atoms with Crippen molar-refractivity contribution in [1.82, 2.24) is 25.0 Å². The highest BCUT2D eigenvalue weighted by Crippen LogP contribution is 2.31. The average molecular weight is 528 g/mol. The molecule has 1 N–H and O–H groups in total. The number of carbonyl (C=O) groups excluding carboxylic acids is 2. The molecule has 5 aromatic rings. The molecule has 0 saturated carbocycles. The van der Waals surface area contributed by atoms with E-state index < -0.39 is 0 Å². The van der Waals surface area contributed by atoms with Gasteiger partial charge in [-0.15, -0.1) is 11.3 Å². The van der Waals surface area contributed by atoms with Crippen molar-refractivity contribution in [2.45, 2.75) is 13.5 Å². The lowest BCUT2D eigenvalue weighted by Gasteiger charge is -2.23. The Morgan fingerprint density at radius 3 is 2.45 bits per heavy atom. The number of aromatic nitrogens is 3. The molecule has 0 atom stereocenters. The van der Waals surface area contributed by atoms with Crippen molar-refractivity contribution in [3.05, 3.63) is 107 Å². The highest BCUT2D eigenvalue weighted by Gasteiger charge is 2.24. The van der Waals surface area contributed by atoms with Gasteiger partial charge in [0.1, 0.15) is 11.5 Å². The first-order chi connectivity index (χ1) is 18.4. The van der Waals surface area contributed by atoms with Crippen LogP contribution in [0.1, 0.15) is 31.5 Å². The SMILES string of the molecule is Cc1nc(C(=O)N(CCNC(=O)c2nn(C)c3ccccc23)Cc2ccccc2)c(-c2ccc(F)cc2)s1. The number of nitrogens with zero attached hydrogens (tertiary/aromatic N) is 4. The van der Waals surface area contributed by atoms with Crippen molar-refractivity contribution in [3.8, 4) is 10.4 Å². The van der Waals surface area contributed by atoms with Crippen LogP contribution in [-0.4, -0.2) is 44.6 Å². The van der Waals surface area contributed by atoms with E-state index >= 15 is 0 Å². The van der Waals surface area contributed by atoms with E-state index in [4.69, 9.17) is 0 Å². The van der Waals surface area contributed by atoms with Crippen molar-refractivity contribution < 1.29 is 14.0 Å². The maximum absolute atomic E-state index is 13.8. The molecule has 0 radical (unpaired) electrons. The zero-order chi connectivity index (χ0) is 26.6. The van der Waals surface area contributed by atoms with Gasteiger partial charge >= 0.3 is 0 Å². The molecule has 192 valence electrons. The largest absolute Gasteiger partial charge is 0.349 e. The van der Waals surface area contributed by atoms with Gasteiger partial charge in [-0.05, 0) is 36.2 Å². The zero-order valence-corrected chi connectivity index (χ0v) is 21.8. The molecule has 9 heteroatoms. The monoisotopic (exact) mass is 527 g/mol. The van der Waals surface area contributed by atoms with Crippen LogP contribution in [0.25, 0.3) is 21.3 Å². The molecule has 0 unspecified atom stereocenters. The van der Waals surface area contributed by atoms with Crippen LogP contribution in [0, 0.1) is 12.7 Å². The number of hydrogen-bond donors (Lipinski definition) is 1. The second-order valence-corrected chi connectivity index (χ2v) is 10.1. The van der Waals surface area contributed by atoms with Crippen molar-refractivity contribution in [1.29, 1.82) is 0 Å². The first-order valence-electron chi connectivity index (χ1n) is 12.2. The van der Waals surface area contributed by atoms with Crippen molar-refractivity contribution in [2.75, 3.05) is 13.1 Å². The van der Waals surface area contributed by atoms with Crippen LogP contribution < -0.4 is 5.32 Å². The number of nitrogens with one attached hydrogen (secondary N) is 1. The third-order valence-corrected chi connectivity index (χ3v) is 7.21. The lowest BCUT2D eigenvalue weighted by molar-refractivity contribution is 0.0732. The Morgan fingerprint density at radius 1 is 0.974 bits per heavy atom. The van der Waals surface area contributed by atoms with Gasteiger partial charge in [-0.3, -0.25) is 14.3 Å². The molecule has 2 amide bonds. The summed E-state index contributed by atoms with van der Waals surface area (Å²) in [7, 11) is 1.80. The predicted octanol–water partition coefficient (Wildman–Crippen LogP) is 5.22. The van der Waals surface area contributed by atoms with Gasteiger partial charge in [0.2, 0.25) is 0 Å². The summed E-state index contributed by atoms with van der Waals surface area (Å²) < 4.78 is 15.2. The minimum absolute atomic E-state index is 0.233. The molecule has 0 aliphatic rings. The minimum Gasteiger partial charge on any atom is -0.349 e. The number of amides is 2. The van der Waals surface area contributed by atoms with Gasteiger partial charge in [-0.1, -0.05) is 60.7 Å². The van der Waals surface area contributed by atoms with Gasteiger partial charge in [0, 0.05) is 32.1 Å². The molecule has 0 saturated heterocycles. The topological polar surface area (TPSA) is 80.1 Å². The summed E-state index contributed by atoms with van der Waals surface area (Å²) in [6.07, 6.45) is 0. The van der Waals surface area contributed by atoms with Crippen molar-refractivity contribution >= 4 is 34.1 Å². The third kappa shape index (κ3) is 5.33. The minimum atomic E-state index is -0.343. The van der Waals surface area contributed by atoms with E-state index in [1.54, 1.807) is 28.8 Å². The maximum Gasteiger partial charge on any atom is 0.274 e. The van der Waals surface area contributed by atoms with Crippen LogP contribution in [-0.2, 0) is 13.6 Å². The Hall–Kier alpha value is -4.37. The van der Waals surface area contributed by atoms with E-state index in [1.807, 2.05) is 61.5 Å². The number of fused-ring (bicyclic) bond motifs is 1. The van der Waals surface area contributed by atoms with Crippen molar-refractivity contribution in [2.24, 2.45) is 7.05 Å². The molecule has 0 aliphatic carbocycles. The van der Waals surface area contributed by atoms with E-state index in [9.17, 15) is 14.0 Å². The number of para-hydroxylation sites is 1. The second kappa shape index (κ2) is 10.9. The predicted molar refractivity (Wildman–Crippen MR) is 146 cm³/mol. The lowest BCUT2D eigenvalue weighted by atomic mass is 10.1. The smallest absolute Gasteiger partial charge is 0.274 e. The fourth-order valence-electron chi connectivity index (χ4n) is 4.34. The fraction of sp³-hybridized carbons (Fsp3) is 0.172. The summed E-state index contributed by atoms with van der Waals surface area (Å²) in [5.74, 6) is -0.898. The van der Waals surface area contributed by atoms with Crippen LogP contribution >= 0.6 is 11.3 Å². The quantitative estimate of drug-likeness (QED) is 0.300. The molecule has 0 bridgehead atoms. The molecule has 0 fully saturated rings. The highest BCUT2D eigenvalue weighted by molar-refractivity contribution is 7.15. The van der Waals surface area contributed by atoms with Crippen molar-refractivity contribution in [3.63, 3.8) is 0 Å². The van der Waals surface area contributed by atoms with Gasteiger partial charge in [0.05, 0.1) is 15.4 Å². The molecule has 2 heterocycles. The molecule has 2 aromatic heterocycles. The molecular weight excluding hydrogens is 501 g/mol. The Labute approximate surface area is 223 Å². The second-order valence-electron chi connectivity index (χ2n) is 8.88. The number of halogens is 1. The molecule has 5 rings (SSSR count). The summed E-state index contributed by atoms with van der Waals surface area (Å²) >= 11 is 1.39. The standard InChI is InChI=1S/C29H26FN5O2S/c1-19-32-26(27(38-19)21-12-14-22(30)15-13-21)29(37)35(18-20-8-4-3-5-9-20)17-16-31-28(36)25-23-10-6-7-11-24(23)34(2)33-25/h3-15H,16-18H2,1-2H3,(H,31,36). The Balaban J connectivity index is 1.37. The highest BCUT2D eigenvalue weighted by atomic mass is 32.1. The number of hydrogen-bond acceptors (Lipinski definition) is 5. The summed E-state index contributed by atoms with van der Waals surface area (Å²) in [5, 5.41) is 8.81. The van der Waals surface area contributed by atoms with E-state index in [0.717, 1.165) is 27.0 Å². The van der Waals surface area contributed by atoms with E-state index in [2.05, 4.69) is 15.4 Å². The summed E-state index contributed by atoms with van der Waals surface area (Å²) in [6, 6.07) is 23.3. The van der Waals surface area contributed by atoms with E-state index in [-0.39, 0.29) is 30.7 Å². The number of carbonyl (C=O) groups is 2. The first-order valence-corrected chi connectivity index (χ1v) is 13.0. The maximum atomic E-state index is 13.8. The first kappa shape index (κ1) is 25.3. The Kier molecular flexibility index (Phi) is 7.28. The zero-order valence-electron chi connectivity index (χ0n) is 21.0. The summed E-state index contributed by atoms with van der Waals surface area (Å²) in [5.41, 5.74) is 3.22. The third-order valence-electron chi connectivity index (χ3n) is 6.19. The average Bonchev–Trinajstić information content (AvgIpc) is 3.49. The fourth-order valence-corrected chi connectivity index (χ4v) is 5.26. The molecular formula is C29H26FN5O2S.